The summed E-state index contributed by atoms with van der Waals surface area (Å²) in [4.78, 5) is 35.6. The summed E-state index contributed by atoms with van der Waals surface area (Å²) in [5, 5.41) is 0. The summed E-state index contributed by atoms with van der Waals surface area (Å²) in [7, 11) is 0. The standard InChI is InChI=1S/C11H8N4O2/c1-5-2-3-6-7(4-5)12-8-9(13-6)14-11(17)15-10(8)16/h2-4H,1H3,(H2,13,14,15,16,17). The van der Waals surface area contributed by atoms with Gasteiger partial charge in [-0.2, -0.15) is 0 Å². The highest BCUT2D eigenvalue weighted by Crippen LogP contribution is 2.13. The van der Waals surface area contributed by atoms with Gasteiger partial charge in [-0.15, -0.1) is 0 Å². The number of aromatic nitrogens is 4. The number of nitrogens with zero attached hydrogens (tertiary/aromatic N) is 2. The Balaban J connectivity index is 2.56. The number of nitrogens with one attached hydrogen (secondary N) is 2. The molecule has 2 N–H and O–H groups in total. The van der Waals surface area contributed by atoms with Gasteiger partial charge in [-0.05, 0) is 24.6 Å². The van der Waals surface area contributed by atoms with Gasteiger partial charge in [0.15, 0.2) is 11.2 Å². The lowest BCUT2D eigenvalue weighted by atomic mass is 10.2. The molecule has 0 aliphatic heterocycles. The first-order chi connectivity index (χ1) is 8.13. The number of hydrogen-bond acceptors (Lipinski definition) is 4. The summed E-state index contributed by atoms with van der Waals surface area (Å²) < 4.78 is 0. The largest absolute Gasteiger partial charge is 0.327 e. The summed E-state index contributed by atoms with van der Waals surface area (Å²) in [6, 6.07) is 5.54. The highest BCUT2D eigenvalue weighted by atomic mass is 16.2. The average Bonchev–Trinajstić information content (AvgIpc) is 2.27. The highest BCUT2D eigenvalue weighted by Gasteiger charge is 2.06. The Kier molecular flexibility index (Phi) is 1.85. The van der Waals surface area contributed by atoms with E-state index in [9.17, 15) is 9.59 Å². The molecule has 0 fully saturated rings. The fourth-order valence-electron chi connectivity index (χ4n) is 1.71. The van der Waals surface area contributed by atoms with E-state index in [2.05, 4.69) is 19.9 Å². The average molecular weight is 228 g/mol. The van der Waals surface area contributed by atoms with E-state index in [4.69, 9.17) is 0 Å². The van der Waals surface area contributed by atoms with Gasteiger partial charge >= 0.3 is 5.69 Å². The van der Waals surface area contributed by atoms with Crippen LogP contribution in [0.15, 0.2) is 27.8 Å². The van der Waals surface area contributed by atoms with Crippen molar-refractivity contribution in [3.8, 4) is 0 Å². The third kappa shape index (κ3) is 1.50. The smallest absolute Gasteiger partial charge is 0.290 e. The molecule has 2 heterocycles. The van der Waals surface area contributed by atoms with Crippen molar-refractivity contribution in [2.75, 3.05) is 0 Å². The van der Waals surface area contributed by atoms with Gasteiger partial charge in [-0.25, -0.2) is 14.8 Å². The molecule has 0 aliphatic rings. The zero-order valence-electron chi connectivity index (χ0n) is 8.94. The van der Waals surface area contributed by atoms with Crippen LogP contribution in [0.25, 0.3) is 22.2 Å². The van der Waals surface area contributed by atoms with Crippen LogP contribution in [-0.4, -0.2) is 19.9 Å². The van der Waals surface area contributed by atoms with E-state index >= 15 is 0 Å². The van der Waals surface area contributed by atoms with E-state index in [0.29, 0.717) is 11.0 Å². The Morgan fingerprint density at radius 3 is 2.71 bits per heavy atom. The zero-order chi connectivity index (χ0) is 12.0. The molecule has 3 rings (SSSR count). The van der Waals surface area contributed by atoms with Crippen LogP contribution in [0.1, 0.15) is 5.56 Å². The molecule has 0 aliphatic carbocycles. The number of fused-ring (bicyclic) bond motifs is 2. The van der Waals surface area contributed by atoms with Crippen LogP contribution in [0.3, 0.4) is 0 Å². The molecule has 0 radical (unpaired) electrons. The molecule has 84 valence electrons. The summed E-state index contributed by atoms with van der Waals surface area (Å²) in [5.74, 6) is 0. The Labute approximate surface area is 94.4 Å². The second-order valence-electron chi connectivity index (χ2n) is 3.82. The summed E-state index contributed by atoms with van der Waals surface area (Å²) in [6.07, 6.45) is 0. The number of aryl methyl sites for hydroxylation is 1. The first-order valence-corrected chi connectivity index (χ1v) is 5.04. The quantitative estimate of drug-likeness (QED) is 0.547. The van der Waals surface area contributed by atoms with Gasteiger partial charge in [0, 0.05) is 0 Å². The van der Waals surface area contributed by atoms with Crippen LogP contribution in [-0.2, 0) is 0 Å². The summed E-state index contributed by atoms with van der Waals surface area (Å²) in [6.45, 7) is 1.93. The van der Waals surface area contributed by atoms with E-state index < -0.39 is 11.2 Å². The molecule has 0 bridgehead atoms. The maximum absolute atomic E-state index is 11.6. The fraction of sp³-hybridized carbons (Fsp3) is 0.0909. The molecule has 0 saturated heterocycles. The fourth-order valence-corrected chi connectivity index (χ4v) is 1.71. The number of rotatable bonds is 0. The van der Waals surface area contributed by atoms with Crippen LogP contribution in [0, 0.1) is 6.92 Å². The molecule has 0 saturated carbocycles. The Morgan fingerprint density at radius 1 is 1.06 bits per heavy atom. The minimum atomic E-state index is -0.580. The number of aromatic amines is 2. The molecule has 1 aromatic carbocycles. The second kappa shape index (κ2) is 3.24. The van der Waals surface area contributed by atoms with Crippen LogP contribution in [0.2, 0.25) is 0 Å². The molecule has 0 unspecified atom stereocenters. The van der Waals surface area contributed by atoms with Crippen LogP contribution >= 0.6 is 0 Å². The van der Waals surface area contributed by atoms with Gasteiger partial charge in [0.05, 0.1) is 11.0 Å². The normalized spacial score (nSPS) is 11.1. The predicted octanol–water partition coefficient (Wildman–Crippen LogP) is 0.468. The first-order valence-electron chi connectivity index (χ1n) is 5.04. The Bertz CT molecular complexity index is 847. The summed E-state index contributed by atoms with van der Waals surface area (Å²) in [5.41, 5.74) is 1.55. The number of benzene rings is 1. The number of H-pyrrole nitrogens is 2. The van der Waals surface area contributed by atoms with Crippen molar-refractivity contribution in [2.24, 2.45) is 0 Å². The van der Waals surface area contributed by atoms with Gasteiger partial charge in [0.25, 0.3) is 5.56 Å². The Morgan fingerprint density at radius 2 is 1.88 bits per heavy atom. The minimum Gasteiger partial charge on any atom is -0.290 e. The predicted molar refractivity (Wildman–Crippen MR) is 63.0 cm³/mol. The van der Waals surface area contributed by atoms with Gasteiger partial charge in [-0.3, -0.25) is 14.8 Å². The highest BCUT2D eigenvalue weighted by molar-refractivity contribution is 5.83. The lowest BCUT2D eigenvalue weighted by Crippen LogP contribution is -2.23. The van der Waals surface area contributed by atoms with Crippen molar-refractivity contribution in [1.82, 2.24) is 19.9 Å². The molecular weight excluding hydrogens is 220 g/mol. The van der Waals surface area contributed by atoms with E-state index in [1.807, 2.05) is 19.1 Å². The van der Waals surface area contributed by atoms with Gasteiger partial charge < -0.3 is 0 Å². The topological polar surface area (TPSA) is 91.5 Å². The van der Waals surface area contributed by atoms with Gasteiger partial charge in [-0.1, -0.05) is 6.07 Å². The van der Waals surface area contributed by atoms with E-state index in [-0.39, 0.29) is 11.2 Å². The lowest BCUT2D eigenvalue weighted by Gasteiger charge is -2.00. The Hall–Kier alpha value is -2.50. The molecule has 0 spiro atoms. The van der Waals surface area contributed by atoms with Crippen molar-refractivity contribution in [3.05, 3.63) is 44.6 Å². The first kappa shape index (κ1) is 9.71. The van der Waals surface area contributed by atoms with Crippen LogP contribution in [0.5, 0.6) is 0 Å². The maximum atomic E-state index is 11.6. The van der Waals surface area contributed by atoms with E-state index in [1.54, 1.807) is 6.07 Å². The molecular formula is C11H8N4O2. The minimum absolute atomic E-state index is 0.141. The van der Waals surface area contributed by atoms with Crippen molar-refractivity contribution in [2.45, 2.75) is 6.92 Å². The van der Waals surface area contributed by atoms with Gasteiger partial charge in [0.1, 0.15) is 0 Å². The van der Waals surface area contributed by atoms with E-state index in [0.717, 1.165) is 5.56 Å². The maximum Gasteiger partial charge on any atom is 0.327 e. The molecule has 0 atom stereocenters. The third-order valence-corrected chi connectivity index (χ3v) is 2.49. The van der Waals surface area contributed by atoms with Crippen LogP contribution < -0.4 is 11.2 Å². The monoisotopic (exact) mass is 228 g/mol. The molecule has 6 heteroatoms. The van der Waals surface area contributed by atoms with Crippen molar-refractivity contribution in [1.29, 1.82) is 0 Å². The number of hydrogen-bond donors (Lipinski definition) is 2. The third-order valence-electron chi connectivity index (χ3n) is 2.49. The second-order valence-corrected chi connectivity index (χ2v) is 3.82. The molecule has 2 aromatic heterocycles. The molecule has 17 heavy (non-hydrogen) atoms. The van der Waals surface area contributed by atoms with E-state index in [1.165, 1.54) is 0 Å². The van der Waals surface area contributed by atoms with Crippen LogP contribution in [0.4, 0.5) is 0 Å². The molecule has 6 nitrogen and oxygen atoms in total. The van der Waals surface area contributed by atoms with Crippen molar-refractivity contribution in [3.63, 3.8) is 0 Å². The van der Waals surface area contributed by atoms with Gasteiger partial charge in [0.2, 0.25) is 0 Å². The zero-order valence-corrected chi connectivity index (χ0v) is 8.94. The molecule has 0 amide bonds. The lowest BCUT2D eigenvalue weighted by molar-refractivity contribution is 1.05. The van der Waals surface area contributed by atoms with Crippen molar-refractivity contribution < 1.29 is 0 Å². The summed E-state index contributed by atoms with van der Waals surface area (Å²) >= 11 is 0. The SMILES string of the molecule is Cc1ccc2nc3[nH]c(=O)[nH]c(=O)c3nc2c1. The van der Waals surface area contributed by atoms with Crippen molar-refractivity contribution >= 4 is 22.2 Å². The molecule has 3 aromatic rings.